The quantitative estimate of drug-likeness (QED) is 0.585. The Balaban J connectivity index is 1.60. The topological polar surface area (TPSA) is 33.7 Å². The molecule has 1 unspecified atom stereocenters. The lowest BCUT2D eigenvalue weighted by molar-refractivity contribution is 0.198. The first-order valence-electron chi connectivity index (χ1n) is 10.3. The third kappa shape index (κ3) is 4.99. The number of benzene rings is 2. The van der Waals surface area contributed by atoms with Gasteiger partial charge in [0.05, 0.1) is 12.6 Å². The predicted octanol–water partition coefficient (Wildman–Crippen LogP) is 4.72. The Labute approximate surface area is 177 Å². The fourth-order valence-corrected chi connectivity index (χ4v) is 4.48. The lowest BCUT2D eigenvalue weighted by atomic mass is 9.98. The molecule has 1 fully saturated rings. The summed E-state index contributed by atoms with van der Waals surface area (Å²) < 4.78 is 12.1. The standard InChI is InChI=1S/C24H28N2O2S/c1-2-27-23-16-20(8-9-22(23)28-17-19-6-4-3-5-7-19)24(21-10-15-29-18-21)26-13-11-25-12-14-26/h3-10,15-16,18,24-25H,2,11-14,17H2,1H3. The first-order valence-corrected chi connectivity index (χ1v) is 11.2. The summed E-state index contributed by atoms with van der Waals surface area (Å²) >= 11 is 1.75. The molecule has 1 aromatic heterocycles. The monoisotopic (exact) mass is 408 g/mol. The molecule has 1 N–H and O–H groups in total. The Morgan fingerprint density at radius 2 is 1.79 bits per heavy atom. The molecule has 1 aliphatic rings. The van der Waals surface area contributed by atoms with Gasteiger partial charge in [0.15, 0.2) is 11.5 Å². The summed E-state index contributed by atoms with van der Waals surface area (Å²) in [5.41, 5.74) is 3.74. The molecule has 0 amide bonds. The van der Waals surface area contributed by atoms with E-state index in [1.54, 1.807) is 11.3 Å². The van der Waals surface area contributed by atoms with E-state index in [0.29, 0.717) is 13.2 Å². The summed E-state index contributed by atoms with van der Waals surface area (Å²) in [6.45, 7) is 7.29. The maximum Gasteiger partial charge on any atom is 0.161 e. The summed E-state index contributed by atoms with van der Waals surface area (Å²) in [5, 5.41) is 7.87. The zero-order chi connectivity index (χ0) is 19.9. The number of ether oxygens (including phenoxy) is 2. The van der Waals surface area contributed by atoms with E-state index in [2.05, 4.69) is 57.4 Å². The van der Waals surface area contributed by atoms with E-state index < -0.39 is 0 Å². The van der Waals surface area contributed by atoms with Crippen molar-refractivity contribution in [1.29, 1.82) is 0 Å². The number of nitrogens with one attached hydrogen (secondary N) is 1. The summed E-state index contributed by atoms with van der Waals surface area (Å²) in [5.74, 6) is 1.61. The Morgan fingerprint density at radius 1 is 0.966 bits per heavy atom. The summed E-state index contributed by atoms with van der Waals surface area (Å²) in [4.78, 5) is 2.55. The molecule has 0 aliphatic carbocycles. The van der Waals surface area contributed by atoms with Crippen molar-refractivity contribution in [3.63, 3.8) is 0 Å². The maximum absolute atomic E-state index is 6.10. The number of piperazine rings is 1. The molecule has 4 nitrogen and oxygen atoms in total. The molecule has 29 heavy (non-hydrogen) atoms. The van der Waals surface area contributed by atoms with Crippen LogP contribution in [0.25, 0.3) is 0 Å². The van der Waals surface area contributed by atoms with E-state index >= 15 is 0 Å². The van der Waals surface area contributed by atoms with Crippen molar-refractivity contribution >= 4 is 11.3 Å². The number of hydrogen-bond donors (Lipinski definition) is 1. The molecule has 5 heteroatoms. The Bertz CT molecular complexity index is 877. The van der Waals surface area contributed by atoms with Gasteiger partial charge in [-0.25, -0.2) is 0 Å². The molecule has 1 atom stereocenters. The van der Waals surface area contributed by atoms with Crippen molar-refractivity contribution in [1.82, 2.24) is 10.2 Å². The van der Waals surface area contributed by atoms with Crippen LogP contribution in [0.15, 0.2) is 65.4 Å². The fourth-order valence-electron chi connectivity index (χ4n) is 3.80. The van der Waals surface area contributed by atoms with Crippen molar-refractivity contribution < 1.29 is 9.47 Å². The first-order chi connectivity index (χ1) is 14.3. The van der Waals surface area contributed by atoms with Crippen LogP contribution in [0.5, 0.6) is 11.5 Å². The SMILES string of the molecule is CCOc1cc(C(c2ccsc2)N2CCNCC2)ccc1OCc1ccccc1. The highest BCUT2D eigenvalue weighted by Gasteiger charge is 2.25. The van der Waals surface area contributed by atoms with E-state index in [4.69, 9.17) is 9.47 Å². The molecule has 0 bridgehead atoms. The second-order valence-corrected chi connectivity index (χ2v) is 7.94. The molecule has 4 rings (SSSR count). The molecule has 152 valence electrons. The number of rotatable bonds is 8. The van der Waals surface area contributed by atoms with Gasteiger partial charge in [-0.3, -0.25) is 4.90 Å². The van der Waals surface area contributed by atoms with Gasteiger partial charge in [-0.15, -0.1) is 0 Å². The van der Waals surface area contributed by atoms with Gasteiger partial charge >= 0.3 is 0 Å². The van der Waals surface area contributed by atoms with Gasteiger partial charge in [0, 0.05) is 26.2 Å². The van der Waals surface area contributed by atoms with Gasteiger partial charge in [0.25, 0.3) is 0 Å². The second-order valence-electron chi connectivity index (χ2n) is 7.16. The highest BCUT2D eigenvalue weighted by Crippen LogP contribution is 2.36. The number of hydrogen-bond acceptors (Lipinski definition) is 5. The fraction of sp³-hybridized carbons (Fsp3) is 0.333. The van der Waals surface area contributed by atoms with E-state index in [1.165, 1.54) is 11.1 Å². The zero-order valence-corrected chi connectivity index (χ0v) is 17.7. The van der Waals surface area contributed by atoms with Gasteiger partial charge in [0.2, 0.25) is 0 Å². The highest BCUT2D eigenvalue weighted by molar-refractivity contribution is 7.08. The summed E-state index contributed by atoms with van der Waals surface area (Å²) in [6, 6.07) is 19.1. The number of thiophene rings is 1. The number of nitrogens with zero attached hydrogens (tertiary/aromatic N) is 1. The highest BCUT2D eigenvalue weighted by atomic mass is 32.1. The second kappa shape index (κ2) is 9.92. The summed E-state index contributed by atoms with van der Waals surface area (Å²) in [7, 11) is 0. The average Bonchev–Trinajstić information content (AvgIpc) is 3.29. The lowest BCUT2D eigenvalue weighted by Gasteiger charge is -2.35. The van der Waals surface area contributed by atoms with Gasteiger partial charge < -0.3 is 14.8 Å². The van der Waals surface area contributed by atoms with Crippen LogP contribution in [-0.2, 0) is 6.61 Å². The largest absolute Gasteiger partial charge is 0.490 e. The maximum atomic E-state index is 6.10. The lowest BCUT2D eigenvalue weighted by Crippen LogP contribution is -2.45. The Kier molecular flexibility index (Phi) is 6.83. The minimum Gasteiger partial charge on any atom is -0.490 e. The van der Waals surface area contributed by atoms with Crippen molar-refractivity contribution in [2.24, 2.45) is 0 Å². The normalized spacial score (nSPS) is 15.8. The van der Waals surface area contributed by atoms with Crippen LogP contribution in [0.1, 0.15) is 29.7 Å². The van der Waals surface area contributed by atoms with E-state index in [9.17, 15) is 0 Å². The molecule has 0 saturated carbocycles. The smallest absolute Gasteiger partial charge is 0.161 e. The van der Waals surface area contributed by atoms with Crippen molar-refractivity contribution in [2.75, 3.05) is 32.8 Å². The molecule has 0 spiro atoms. The van der Waals surface area contributed by atoms with Crippen LogP contribution in [-0.4, -0.2) is 37.7 Å². The molecule has 1 aliphatic heterocycles. The Morgan fingerprint density at radius 3 is 2.52 bits per heavy atom. The third-order valence-corrected chi connectivity index (χ3v) is 5.90. The van der Waals surface area contributed by atoms with Crippen molar-refractivity contribution in [3.05, 3.63) is 82.0 Å². The molecule has 1 saturated heterocycles. The van der Waals surface area contributed by atoms with E-state index in [0.717, 1.165) is 43.2 Å². The van der Waals surface area contributed by atoms with Crippen LogP contribution in [0, 0.1) is 0 Å². The minimum absolute atomic E-state index is 0.241. The van der Waals surface area contributed by atoms with Crippen LogP contribution in [0.4, 0.5) is 0 Å². The molecule has 2 aromatic carbocycles. The molecule has 3 aromatic rings. The van der Waals surface area contributed by atoms with Gasteiger partial charge in [-0.2, -0.15) is 11.3 Å². The molecular formula is C24H28N2O2S. The van der Waals surface area contributed by atoms with E-state index in [-0.39, 0.29) is 6.04 Å². The minimum atomic E-state index is 0.241. The van der Waals surface area contributed by atoms with Crippen LogP contribution >= 0.6 is 11.3 Å². The molecule has 0 radical (unpaired) electrons. The summed E-state index contributed by atoms with van der Waals surface area (Å²) in [6.07, 6.45) is 0. The Hall–Kier alpha value is -2.34. The van der Waals surface area contributed by atoms with Crippen molar-refractivity contribution in [3.8, 4) is 11.5 Å². The predicted molar refractivity (Wildman–Crippen MR) is 119 cm³/mol. The van der Waals surface area contributed by atoms with Gasteiger partial charge in [-0.05, 0) is 52.6 Å². The van der Waals surface area contributed by atoms with Gasteiger partial charge in [-0.1, -0.05) is 36.4 Å². The first kappa shape index (κ1) is 20.0. The van der Waals surface area contributed by atoms with Crippen molar-refractivity contribution in [2.45, 2.75) is 19.6 Å². The van der Waals surface area contributed by atoms with Gasteiger partial charge in [0.1, 0.15) is 6.61 Å². The van der Waals surface area contributed by atoms with Crippen LogP contribution in [0.2, 0.25) is 0 Å². The van der Waals surface area contributed by atoms with E-state index in [1.807, 2.05) is 25.1 Å². The van der Waals surface area contributed by atoms with Crippen LogP contribution < -0.4 is 14.8 Å². The average molecular weight is 409 g/mol. The zero-order valence-electron chi connectivity index (χ0n) is 16.8. The third-order valence-electron chi connectivity index (χ3n) is 5.20. The molecule has 2 heterocycles. The molecular weight excluding hydrogens is 380 g/mol. The van der Waals surface area contributed by atoms with Crippen LogP contribution in [0.3, 0.4) is 0 Å².